The van der Waals surface area contributed by atoms with E-state index in [0.29, 0.717) is 5.69 Å². The Balaban J connectivity index is 1.64. The van der Waals surface area contributed by atoms with Gasteiger partial charge in [-0.2, -0.15) is 0 Å². The molecular formula is C18H18N2O6. The first kappa shape index (κ1) is 17.7. The van der Waals surface area contributed by atoms with Gasteiger partial charge in [0, 0.05) is 5.39 Å². The van der Waals surface area contributed by atoms with Gasteiger partial charge in [-0.25, -0.2) is 4.79 Å². The lowest BCUT2D eigenvalue weighted by atomic mass is 10.1. The van der Waals surface area contributed by atoms with Gasteiger partial charge in [-0.15, -0.1) is 0 Å². The second-order valence-electron chi connectivity index (χ2n) is 6.23. The second kappa shape index (κ2) is 7.01. The van der Waals surface area contributed by atoms with Crippen molar-refractivity contribution >= 4 is 34.5 Å². The predicted octanol–water partition coefficient (Wildman–Crippen LogP) is 1.91. The van der Waals surface area contributed by atoms with Crippen LogP contribution in [-0.4, -0.2) is 46.9 Å². The molecule has 8 nitrogen and oxygen atoms in total. The van der Waals surface area contributed by atoms with Crippen LogP contribution in [0.2, 0.25) is 0 Å². The number of carboxylic acid groups (broad SMARTS) is 2. The topological polar surface area (TPSA) is 125 Å². The largest absolute Gasteiger partial charge is 0.481 e. The number of aliphatic carboxylic acids is 2. The molecule has 26 heavy (non-hydrogen) atoms. The van der Waals surface area contributed by atoms with Crippen molar-refractivity contribution in [2.45, 2.75) is 12.0 Å². The van der Waals surface area contributed by atoms with E-state index in [0.717, 1.165) is 10.8 Å². The van der Waals surface area contributed by atoms with Gasteiger partial charge >= 0.3 is 18.0 Å². The Morgan fingerprint density at radius 2 is 1.85 bits per heavy atom. The van der Waals surface area contributed by atoms with Gasteiger partial charge in [-0.05, 0) is 17.9 Å². The van der Waals surface area contributed by atoms with E-state index < -0.39 is 36.0 Å². The molecule has 8 heteroatoms. The summed E-state index contributed by atoms with van der Waals surface area (Å²) in [6, 6.07) is 13.0. The Bertz CT molecular complexity index is 862. The minimum atomic E-state index is -1.11. The molecule has 1 aliphatic rings. The van der Waals surface area contributed by atoms with E-state index in [2.05, 4.69) is 10.6 Å². The smallest absolute Gasteiger partial charge is 0.411 e. The highest BCUT2D eigenvalue weighted by molar-refractivity contribution is 6.00. The number of carbonyl (C=O) groups excluding carboxylic acids is 1. The number of nitrogens with one attached hydrogen (secondary N) is 2. The Morgan fingerprint density at radius 3 is 2.54 bits per heavy atom. The van der Waals surface area contributed by atoms with Crippen LogP contribution in [0.5, 0.6) is 0 Å². The number of fused-ring (bicyclic) bond motifs is 1. The van der Waals surface area contributed by atoms with Crippen LogP contribution in [0.1, 0.15) is 6.42 Å². The van der Waals surface area contributed by atoms with Crippen molar-refractivity contribution in [1.82, 2.24) is 5.32 Å². The molecule has 2 aromatic rings. The van der Waals surface area contributed by atoms with E-state index in [1.54, 1.807) is 12.1 Å². The van der Waals surface area contributed by atoms with Crippen molar-refractivity contribution in [1.29, 1.82) is 0 Å². The molecule has 0 spiro atoms. The number of ether oxygens (including phenoxy) is 1. The van der Waals surface area contributed by atoms with Crippen molar-refractivity contribution in [2.24, 2.45) is 5.92 Å². The lowest BCUT2D eigenvalue weighted by molar-refractivity contribution is -0.140. The molecule has 2 atom stereocenters. The third-order valence-corrected chi connectivity index (χ3v) is 4.45. The van der Waals surface area contributed by atoms with E-state index >= 15 is 0 Å². The number of anilines is 1. The Labute approximate surface area is 148 Å². The molecular weight excluding hydrogens is 340 g/mol. The fourth-order valence-corrected chi connectivity index (χ4v) is 2.96. The van der Waals surface area contributed by atoms with Crippen molar-refractivity contribution in [3.05, 3.63) is 42.5 Å². The maximum absolute atomic E-state index is 12.1. The van der Waals surface area contributed by atoms with Crippen molar-refractivity contribution in [2.75, 3.05) is 18.5 Å². The zero-order valence-electron chi connectivity index (χ0n) is 13.8. The number of hydrogen-bond acceptors (Lipinski definition) is 5. The Morgan fingerprint density at radius 1 is 1.12 bits per heavy atom. The average molecular weight is 358 g/mol. The van der Waals surface area contributed by atoms with Gasteiger partial charge in [0.25, 0.3) is 0 Å². The zero-order chi connectivity index (χ0) is 18.7. The monoisotopic (exact) mass is 358 g/mol. The molecule has 0 radical (unpaired) electrons. The first-order valence-corrected chi connectivity index (χ1v) is 8.02. The summed E-state index contributed by atoms with van der Waals surface area (Å²) in [5, 5.41) is 25.0. The number of hydrogen-bond donors (Lipinski definition) is 4. The minimum absolute atomic E-state index is 0.206. The van der Waals surface area contributed by atoms with Crippen LogP contribution in [0, 0.1) is 5.92 Å². The molecule has 1 amide bonds. The normalized spacial score (nSPS) is 21.2. The van der Waals surface area contributed by atoms with Crippen LogP contribution in [0.4, 0.5) is 10.5 Å². The van der Waals surface area contributed by atoms with Crippen LogP contribution in [-0.2, 0) is 14.3 Å². The second-order valence-corrected chi connectivity index (χ2v) is 6.23. The molecule has 0 aromatic heterocycles. The first-order chi connectivity index (χ1) is 12.4. The summed E-state index contributed by atoms with van der Waals surface area (Å²) in [4.78, 5) is 34.0. The summed E-state index contributed by atoms with van der Waals surface area (Å²) in [7, 11) is 0. The number of carboxylic acids is 2. The predicted molar refractivity (Wildman–Crippen MR) is 93.0 cm³/mol. The number of rotatable bonds is 7. The van der Waals surface area contributed by atoms with E-state index in [4.69, 9.17) is 14.9 Å². The zero-order valence-corrected chi connectivity index (χ0v) is 13.8. The van der Waals surface area contributed by atoms with Crippen molar-refractivity contribution in [3.63, 3.8) is 0 Å². The number of amides is 1. The summed E-state index contributed by atoms with van der Waals surface area (Å²) in [5.74, 6) is -2.95. The number of benzene rings is 2. The quantitative estimate of drug-likeness (QED) is 0.596. The summed E-state index contributed by atoms with van der Waals surface area (Å²) >= 11 is 0. The molecule has 0 saturated heterocycles. The molecule has 136 valence electrons. The molecule has 1 fully saturated rings. The van der Waals surface area contributed by atoms with E-state index in [1.165, 1.54) is 0 Å². The molecule has 0 bridgehead atoms. The fraction of sp³-hybridized carbons (Fsp3) is 0.278. The van der Waals surface area contributed by atoms with Crippen LogP contribution in [0.3, 0.4) is 0 Å². The molecule has 3 rings (SSSR count). The van der Waals surface area contributed by atoms with Crippen LogP contribution in [0.15, 0.2) is 42.5 Å². The number of carbonyl (C=O) groups is 3. The summed E-state index contributed by atoms with van der Waals surface area (Å²) in [6.45, 7) is -0.633. The van der Waals surface area contributed by atoms with Crippen molar-refractivity contribution in [3.8, 4) is 0 Å². The van der Waals surface area contributed by atoms with Gasteiger partial charge in [0.05, 0.1) is 23.7 Å². The summed E-state index contributed by atoms with van der Waals surface area (Å²) < 4.78 is 5.17. The van der Waals surface area contributed by atoms with Gasteiger partial charge in [0.15, 0.2) is 0 Å². The third-order valence-electron chi connectivity index (χ3n) is 4.45. The van der Waals surface area contributed by atoms with Gasteiger partial charge < -0.3 is 14.9 Å². The lowest BCUT2D eigenvalue weighted by Gasteiger charge is -2.18. The molecule has 1 aliphatic carbocycles. The molecule has 4 N–H and O–H groups in total. The maximum Gasteiger partial charge on any atom is 0.411 e. The highest BCUT2D eigenvalue weighted by atomic mass is 16.5. The van der Waals surface area contributed by atoms with Crippen LogP contribution >= 0.6 is 0 Å². The highest BCUT2D eigenvalue weighted by Crippen LogP contribution is 2.44. The molecule has 2 unspecified atom stereocenters. The summed E-state index contributed by atoms with van der Waals surface area (Å²) in [5.41, 5.74) is -0.466. The van der Waals surface area contributed by atoms with E-state index in [-0.39, 0.29) is 13.0 Å². The standard InChI is InChI=1S/C18H18N2O6/c21-15(22)9-19-18(8-13(18)16(23)24)10-26-17(25)20-14-7-3-5-11-4-1-2-6-12(11)14/h1-7,13,19H,8-10H2,(H,20,25)(H,21,22)(H,23,24). The summed E-state index contributed by atoms with van der Waals surface area (Å²) in [6.07, 6.45) is -0.522. The van der Waals surface area contributed by atoms with Crippen LogP contribution < -0.4 is 10.6 Å². The Hall–Kier alpha value is -3.13. The van der Waals surface area contributed by atoms with Gasteiger partial charge in [0.1, 0.15) is 6.61 Å². The van der Waals surface area contributed by atoms with Crippen molar-refractivity contribution < 1.29 is 29.3 Å². The molecule has 2 aromatic carbocycles. The fourth-order valence-electron chi connectivity index (χ4n) is 2.96. The SMILES string of the molecule is O=C(O)CNC1(COC(=O)Nc2cccc3ccccc23)CC1C(=O)O. The lowest BCUT2D eigenvalue weighted by Crippen LogP contribution is -2.43. The molecule has 0 aliphatic heterocycles. The van der Waals surface area contributed by atoms with E-state index in [9.17, 15) is 14.4 Å². The maximum atomic E-state index is 12.1. The van der Waals surface area contributed by atoms with E-state index in [1.807, 2.05) is 30.3 Å². The Kier molecular flexibility index (Phi) is 4.77. The van der Waals surface area contributed by atoms with Gasteiger partial charge in [0.2, 0.25) is 0 Å². The minimum Gasteiger partial charge on any atom is -0.481 e. The first-order valence-electron chi connectivity index (χ1n) is 8.02. The average Bonchev–Trinajstić information content (AvgIpc) is 3.34. The van der Waals surface area contributed by atoms with Gasteiger partial charge in [-0.3, -0.25) is 20.2 Å². The van der Waals surface area contributed by atoms with Crippen LogP contribution in [0.25, 0.3) is 10.8 Å². The third kappa shape index (κ3) is 3.75. The van der Waals surface area contributed by atoms with Gasteiger partial charge in [-0.1, -0.05) is 36.4 Å². The molecule has 0 heterocycles. The molecule has 1 saturated carbocycles. The highest BCUT2D eigenvalue weighted by Gasteiger charge is 2.59.